The maximum atomic E-state index is 13.5. The van der Waals surface area contributed by atoms with Crippen LogP contribution in [0.3, 0.4) is 0 Å². The maximum absolute atomic E-state index is 13.5. The van der Waals surface area contributed by atoms with Crippen LogP contribution in [0.25, 0.3) is 0 Å². The molecule has 2 aromatic rings. The van der Waals surface area contributed by atoms with E-state index in [0.717, 1.165) is 6.42 Å². The molecule has 3 rings (SSSR count). The first-order valence-corrected chi connectivity index (χ1v) is 8.50. The summed E-state index contributed by atoms with van der Waals surface area (Å²) in [5, 5.41) is 2.89. The van der Waals surface area contributed by atoms with Crippen LogP contribution in [-0.2, 0) is 17.6 Å². The van der Waals surface area contributed by atoms with E-state index in [4.69, 9.17) is 0 Å². The number of hydrogen-bond donors (Lipinski definition) is 1. The van der Waals surface area contributed by atoms with Crippen LogP contribution in [0, 0.1) is 5.82 Å². The fraction of sp³-hybridized carbons (Fsp3) is 0.350. The average molecular weight is 326 g/mol. The molecule has 1 heterocycles. The number of rotatable bonds is 6. The monoisotopic (exact) mass is 326 g/mol. The number of nitrogens with zero attached hydrogens (tertiary/aromatic N) is 1. The molecule has 0 spiro atoms. The van der Waals surface area contributed by atoms with Gasteiger partial charge in [0, 0.05) is 31.2 Å². The molecule has 1 atom stereocenters. The van der Waals surface area contributed by atoms with Gasteiger partial charge in [0.2, 0.25) is 5.91 Å². The molecule has 0 bridgehead atoms. The van der Waals surface area contributed by atoms with Crippen molar-refractivity contribution in [3.05, 3.63) is 65.5 Å². The van der Waals surface area contributed by atoms with Crippen LogP contribution in [0.4, 0.5) is 10.1 Å². The minimum Gasteiger partial charge on any atom is -0.368 e. The largest absolute Gasteiger partial charge is 0.368 e. The van der Waals surface area contributed by atoms with Gasteiger partial charge < -0.3 is 10.2 Å². The predicted molar refractivity (Wildman–Crippen MR) is 94.7 cm³/mol. The third kappa shape index (κ3) is 3.75. The minimum atomic E-state index is -0.214. The molecule has 1 aliphatic rings. The van der Waals surface area contributed by atoms with Crippen LogP contribution in [0.15, 0.2) is 48.5 Å². The van der Waals surface area contributed by atoms with Crippen molar-refractivity contribution in [2.75, 3.05) is 18.0 Å². The van der Waals surface area contributed by atoms with Crippen molar-refractivity contribution in [3.63, 3.8) is 0 Å². The van der Waals surface area contributed by atoms with Gasteiger partial charge in [-0.2, -0.15) is 0 Å². The number of benzene rings is 2. The summed E-state index contributed by atoms with van der Waals surface area (Å²) in [4.78, 5) is 14.4. The lowest BCUT2D eigenvalue weighted by atomic mass is 10.1. The first-order chi connectivity index (χ1) is 11.6. The molecule has 1 aliphatic heterocycles. The molecule has 0 fully saturated rings. The predicted octanol–water partition coefficient (Wildman–Crippen LogP) is 3.33. The summed E-state index contributed by atoms with van der Waals surface area (Å²) in [5.41, 5.74) is 3.23. The summed E-state index contributed by atoms with van der Waals surface area (Å²) in [6, 6.07) is 15.5. The van der Waals surface area contributed by atoms with Crippen molar-refractivity contribution >= 4 is 11.6 Å². The van der Waals surface area contributed by atoms with Crippen LogP contribution >= 0.6 is 0 Å². The maximum Gasteiger partial charge on any atom is 0.221 e. The second kappa shape index (κ2) is 7.47. The number of halogens is 1. The zero-order valence-corrected chi connectivity index (χ0v) is 14.0. The molecule has 1 amide bonds. The van der Waals surface area contributed by atoms with E-state index in [-0.39, 0.29) is 11.7 Å². The lowest BCUT2D eigenvalue weighted by Crippen LogP contribution is -2.34. The number of carbonyl (C=O) groups is 1. The number of anilines is 1. The molecule has 4 heteroatoms. The molecule has 3 nitrogen and oxygen atoms in total. The quantitative estimate of drug-likeness (QED) is 0.883. The SMILES string of the molecule is CC1Cc2ccccc2N1CCC(=O)NCCc1ccccc1F. The Bertz CT molecular complexity index is 716. The van der Waals surface area contributed by atoms with Crippen LogP contribution in [-0.4, -0.2) is 25.0 Å². The van der Waals surface area contributed by atoms with Crippen LogP contribution in [0.5, 0.6) is 0 Å². The van der Waals surface area contributed by atoms with Gasteiger partial charge in [-0.25, -0.2) is 4.39 Å². The first kappa shape index (κ1) is 16.5. The van der Waals surface area contributed by atoms with Gasteiger partial charge in [-0.15, -0.1) is 0 Å². The lowest BCUT2D eigenvalue weighted by Gasteiger charge is -2.24. The van der Waals surface area contributed by atoms with E-state index in [1.54, 1.807) is 12.1 Å². The second-order valence-electron chi connectivity index (χ2n) is 6.32. The standard InChI is InChI=1S/C20H23FN2O/c1-15-14-17-7-3-5-9-19(17)23(15)13-11-20(24)22-12-10-16-6-2-4-8-18(16)21/h2-9,15H,10-14H2,1H3,(H,22,24). The molecule has 0 radical (unpaired) electrons. The summed E-state index contributed by atoms with van der Waals surface area (Å²) in [5.74, 6) is -0.197. The number of amides is 1. The first-order valence-electron chi connectivity index (χ1n) is 8.50. The fourth-order valence-corrected chi connectivity index (χ4v) is 3.32. The van der Waals surface area contributed by atoms with Gasteiger partial charge in [0.25, 0.3) is 0 Å². The highest BCUT2D eigenvalue weighted by Gasteiger charge is 2.25. The van der Waals surface area contributed by atoms with E-state index in [9.17, 15) is 9.18 Å². The Labute approximate surface area is 142 Å². The smallest absolute Gasteiger partial charge is 0.221 e. The Kier molecular flexibility index (Phi) is 5.14. The van der Waals surface area contributed by atoms with Crippen molar-refractivity contribution in [3.8, 4) is 0 Å². The number of carbonyl (C=O) groups excluding carboxylic acids is 1. The van der Waals surface area contributed by atoms with Crippen LogP contribution < -0.4 is 10.2 Å². The van der Waals surface area contributed by atoms with Crippen molar-refractivity contribution in [1.82, 2.24) is 5.32 Å². The summed E-state index contributed by atoms with van der Waals surface area (Å²) >= 11 is 0. The topological polar surface area (TPSA) is 32.3 Å². The number of nitrogens with one attached hydrogen (secondary N) is 1. The minimum absolute atomic E-state index is 0.0166. The zero-order chi connectivity index (χ0) is 16.9. The molecular weight excluding hydrogens is 303 g/mol. The summed E-state index contributed by atoms with van der Waals surface area (Å²) in [7, 11) is 0. The molecule has 0 aromatic heterocycles. The second-order valence-corrected chi connectivity index (χ2v) is 6.32. The number of hydrogen-bond acceptors (Lipinski definition) is 2. The average Bonchev–Trinajstić information content (AvgIpc) is 2.90. The van der Waals surface area contributed by atoms with Gasteiger partial charge in [-0.05, 0) is 43.0 Å². The Morgan fingerprint density at radius 3 is 2.79 bits per heavy atom. The van der Waals surface area contributed by atoms with Gasteiger partial charge in [-0.3, -0.25) is 4.79 Å². The molecule has 1 unspecified atom stereocenters. The highest BCUT2D eigenvalue weighted by Crippen LogP contribution is 2.31. The van der Waals surface area contributed by atoms with E-state index in [1.165, 1.54) is 17.3 Å². The van der Waals surface area contributed by atoms with Crippen molar-refractivity contribution in [2.24, 2.45) is 0 Å². The van der Waals surface area contributed by atoms with E-state index in [0.29, 0.717) is 37.5 Å². The zero-order valence-electron chi connectivity index (χ0n) is 14.0. The number of fused-ring (bicyclic) bond motifs is 1. The number of para-hydroxylation sites is 1. The van der Waals surface area contributed by atoms with Gasteiger partial charge in [0.15, 0.2) is 0 Å². The Hall–Kier alpha value is -2.36. The van der Waals surface area contributed by atoms with Crippen LogP contribution in [0.1, 0.15) is 24.5 Å². The summed E-state index contributed by atoms with van der Waals surface area (Å²) in [6.45, 7) is 3.37. The molecule has 2 aromatic carbocycles. The highest BCUT2D eigenvalue weighted by molar-refractivity contribution is 5.76. The van der Waals surface area contributed by atoms with Crippen LogP contribution in [0.2, 0.25) is 0 Å². The summed E-state index contributed by atoms with van der Waals surface area (Å²) in [6.07, 6.45) is 2.00. The third-order valence-electron chi connectivity index (χ3n) is 4.60. The van der Waals surface area contributed by atoms with E-state index >= 15 is 0 Å². The molecule has 126 valence electrons. The van der Waals surface area contributed by atoms with Gasteiger partial charge in [0.1, 0.15) is 5.82 Å². The van der Waals surface area contributed by atoms with Crippen molar-refractivity contribution in [1.29, 1.82) is 0 Å². The van der Waals surface area contributed by atoms with E-state index < -0.39 is 0 Å². The van der Waals surface area contributed by atoms with E-state index in [1.807, 2.05) is 12.1 Å². The normalized spacial score (nSPS) is 16.1. The lowest BCUT2D eigenvalue weighted by molar-refractivity contribution is -0.120. The van der Waals surface area contributed by atoms with Gasteiger partial charge in [0.05, 0.1) is 0 Å². The molecular formula is C20H23FN2O. The summed E-state index contributed by atoms with van der Waals surface area (Å²) < 4.78 is 13.5. The molecule has 0 aliphatic carbocycles. The van der Waals surface area contributed by atoms with Gasteiger partial charge >= 0.3 is 0 Å². The van der Waals surface area contributed by atoms with Gasteiger partial charge in [-0.1, -0.05) is 36.4 Å². The van der Waals surface area contributed by atoms with Crippen molar-refractivity contribution in [2.45, 2.75) is 32.2 Å². The Balaban J connectivity index is 1.45. The molecule has 0 saturated heterocycles. The highest BCUT2D eigenvalue weighted by atomic mass is 19.1. The van der Waals surface area contributed by atoms with E-state index in [2.05, 4.69) is 35.3 Å². The molecule has 0 saturated carbocycles. The fourth-order valence-electron chi connectivity index (χ4n) is 3.32. The Morgan fingerprint density at radius 2 is 1.96 bits per heavy atom. The molecule has 24 heavy (non-hydrogen) atoms. The Morgan fingerprint density at radius 1 is 1.21 bits per heavy atom. The third-order valence-corrected chi connectivity index (χ3v) is 4.60. The molecule has 1 N–H and O–H groups in total. The van der Waals surface area contributed by atoms with Crippen molar-refractivity contribution < 1.29 is 9.18 Å².